The van der Waals surface area contributed by atoms with Crippen molar-refractivity contribution in [3.05, 3.63) is 29.1 Å². The van der Waals surface area contributed by atoms with Crippen LogP contribution in [0.1, 0.15) is 28.8 Å². The summed E-state index contributed by atoms with van der Waals surface area (Å²) in [7, 11) is -4.04. The van der Waals surface area contributed by atoms with Gasteiger partial charge in [0, 0.05) is 25.7 Å². The molecule has 2 aliphatic heterocycles. The maximum absolute atomic E-state index is 14.4. The molecule has 0 saturated carbocycles. The molecule has 3 rings (SSSR count). The minimum absolute atomic E-state index is 0.0166. The van der Waals surface area contributed by atoms with Crippen LogP contribution in [0.15, 0.2) is 17.0 Å². The van der Waals surface area contributed by atoms with E-state index in [1.54, 1.807) is 0 Å². The van der Waals surface area contributed by atoms with Crippen molar-refractivity contribution >= 4 is 16.0 Å². The Morgan fingerprint density at radius 3 is 2.74 bits per heavy atom. The lowest BCUT2D eigenvalue weighted by Gasteiger charge is -2.36. The molecule has 23 heavy (non-hydrogen) atoms. The molecule has 1 aromatic carbocycles. The summed E-state index contributed by atoms with van der Waals surface area (Å²) >= 11 is 0. The molecule has 126 valence electrons. The van der Waals surface area contributed by atoms with Crippen molar-refractivity contribution in [2.45, 2.75) is 30.7 Å². The number of carboxylic acids is 1. The summed E-state index contributed by atoms with van der Waals surface area (Å²) in [5, 5.41) is 9.09. The summed E-state index contributed by atoms with van der Waals surface area (Å²) in [6, 6.07) is 2.23. The third-order valence-corrected chi connectivity index (χ3v) is 6.50. The predicted molar refractivity (Wildman–Crippen MR) is 81.5 cm³/mol. The lowest BCUT2D eigenvalue weighted by Crippen LogP contribution is -2.52. The van der Waals surface area contributed by atoms with E-state index in [0.29, 0.717) is 19.6 Å². The Morgan fingerprint density at radius 1 is 1.30 bits per heavy atom. The molecule has 0 amide bonds. The summed E-state index contributed by atoms with van der Waals surface area (Å²) < 4.78 is 41.2. The van der Waals surface area contributed by atoms with Gasteiger partial charge in [0.05, 0.1) is 5.56 Å². The van der Waals surface area contributed by atoms with E-state index in [2.05, 4.69) is 4.90 Å². The van der Waals surface area contributed by atoms with Crippen molar-refractivity contribution < 1.29 is 22.7 Å². The van der Waals surface area contributed by atoms with Gasteiger partial charge < -0.3 is 5.11 Å². The summed E-state index contributed by atoms with van der Waals surface area (Å²) in [6.45, 7) is 3.60. The second-order valence-corrected chi connectivity index (χ2v) is 8.01. The van der Waals surface area contributed by atoms with Gasteiger partial charge in [-0.15, -0.1) is 0 Å². The summed E-state index contributed by atoms with van der Waals surface area (Å²) in [5.74, 6) is -2.14. The van der Waals surface area contributed by atoms with Crippen LogP contribution in [0, 0.1) is 12.7 Å². The molecule has 2 fully saturated rings. The quantitative estimate of drug-likeness (QED) is 0.896. The monoisotopic (exact) mass is 342 g/mol. The van der Waals surface area contributed by atoms with E-state index in [9.17, 15) is 17.6 Å². The highest BCUT2D eigenvalue weighted by molar-refractivity contribution is 7.89. The minimum atomic E-state index is -4.04. The average molecular weight is 342 g/mol. The lowest BCUT2D eigenvalue weighted by atomic mass is 10.1. The Bertz CT molecular complexity index is 750. The van der Waals surface area contributed by atoms with Gasteiger partial charge in [0.1, 0.15) is 10.7 Å². The molecule has 2 aliphatic rings. The largest absolute Gasteiger partial charge is 0.478 e. The van der Waals surface area contributed by atoms with Crippen molar-refractivity contribution in [2.75, 3.05) is 26.2 Å². The first-order chi connectivity index (χ1) is 10.8. The maximum Gasteiger partial charge on any atom is 0.335 e. The van der Waals surface area contributed by atoms with E-state index >= 15 is 0 Å². The molecule has 6 nitrogen and oxygen atoms in total. The van der Waals surface area contributed by atoms with Crippen LogP contribution in [-0.4, -0.2) is 60.9 Å². The van der Waals surface area contributed by atoms with Gasteiger partial charge in [-0.3, -0.25) is 4.90 Å². The van der Waals surface area contributed by atoms with Crippen molar-refractivity contribution in [1.82, 2.24) is 9.21 Å². The first kappa shape index (κ1) is 16.4. The molecule has 0 aromatic heterocycles. The molecule has 2 saturated heterocycles. The highest BCUT2D eigenvalue weighted by atomic mass is 32.2. The molecule has 0 spiro atoms. The summed E-state index contributed by atoms with van der Waals surface area (Å²) in [4.78, 5) is 12.8. The molecule has 0 bridgehead atoms. The number of rotatable bonds is 3. The van der Waals surface area contributed by atoms with Crippen LogP contribution in [0.5, 0.6) is 0 Å². The van der Waals surface area contributed by atoms with Gasteiger partial charge >= 0.3 is 5.97 Å². The normalized spacial score (nSPS) is 23.0. The molecule has 0 radical (unpaired) electrons. The van der Waals surface area contributed by atoms with Gasteiger partial charge in [-0.25, -0.2) is 17.6 Å². The van der Waals surface area contributed by atoms with E-state index in [0.717, 1.165) is 31.5 Å². The van der Waals surface area contributed by atoms with Crippen molar-refractivity contribution in [2.24, 2.45) is 0 Å². The van der Waals surface area contributed by atoms with Gasteiger partial charge in [0.25, 0.3) is 0 Å². The molecule has 2 heterocycles. The summed E-state index contributed by atoms with van der Waals surface area (Å²) in [5.41, 5.74) is -0.204. The van der Waals surface area contributed by atoms with E-state index in [4.69, 9.17) is 5.11 Å². The van der Waals surface area contributed by atoms with Gasteiger partial charge in [-0.05, 0) is 44.0 Å². The predicted octanol–water partition coefficient (Wildman–Crippen LogP) is 1.30. The number of benzene rings is 1. The Morgan fingerprint density at radius 2 is 2.04 bits per heavy atom. The molecule has 1 atom stereocenters. The molecule has 1 aromatic rings. The zero-order valence-electron chi connectivity index (χ0n) is 12.8. The lowest BCUT2D eigenvalue weighted by molar-refractivity contribution is 0.0696. The number of fused-ring (bicyclic) bond motifs is 1. The summed E-state index contributed by atoms with van der Waals surface area (Å²) in [6.07, 6.45) is 1.98. The highest BCUT2D eigenvalue weighted by Gasteiger charge is 2.37. The van der Waals surface area contributed by atoms with E-state index < -0.39 is 26.7 Å². The Kier molecular flexibility index (Phi) is 4.16. The van der Waals surface area contributed by atoms with Crippen LogP contribution in [0.2, 0.25) is 0 Å². The fourth-order valence-electron chi connectivity index (χ4n) is 3.37. The SMILES string of the molecule is Cc1cc(C(=O)O)cc(S(=O)(=O)N2CCN3CCCC3C2)c1F. The second kappa shape index (κ2) is 5.85. The zero-order valence-corrected chi connectivity index (χ0v) is 13.6. The third-order valence-electron chi connectivity index (χ3n) is 4.64. The van der Waals surface area contributed by atoms with Crippen molar-refractivity contribution in [3.8, 4) is 0 Å². The molecule has 1 unspecified atom stereocenters. The first-order valence-electron chi connectivity index (χ1n) is 7.58. The number of carbonyl (C=O) groups is 1. The number of sulfonamides is 1. The highest BCUT2D eigenvalue weighted by Crippen LogP contribution is 2.28. The average Bonchev–Trinajstić information content (AvgIpc) is 2.96. The number of nitrogens with zero attached hydrogens (tertiary/aromatic N) is 2. The first-order valence-corrected chi connectivity index (χ1v) is 9.02. The second-order valence-electron chi connectivity index (χ2n) is 6.11. The molecule has 1 N–H and O–H groups in total. The van der Waals surface area contributed by atoms with Crippen LogP contribution in [-0.2, 0) is 10.0 Å². The van der Waals surface area contributed by atoms with Crippen LogP contribution in [0.4, 0.5) is 4.39 Å². The van der Waals surface area contributed by atoms with Crippen LogP contribution in [0.3, 0.4) is 0 Å². The molecular weight excluding hydrogens is 323 g/mol. The van der Waals surface area contributed by atoms with E-state index in [-0.39, 0.29) is 17.2 Å². The Hall–Kier alpha value is -1.51. The Labute approximate surface area is 134 Å². The molecule has 0 aliphatic carbocycles. The van der Waals surface area contributed by atoms with Crippen molar-refractivity contribution in [1.29, 1.82) is 0 Å². The third kappa shape index (κ3) is 2.86. The number of aryl methyl sites for hydroxylation is 1. The van der Waals surface area contributed by atoms with Gasteiger partial charge in [0.15, 0.2) is 0 Å². The van der Waals surface area contributed by atoms with Gasteiger partial charge in [-0.2, -0.15) is 4.31 Å². The number of halogens is 1. The maximum atomic E-state index is 14.4. The fourth-order valence-corrected chi connectivity index (χ4v) is 5.00. The van der Waals surface area contributed by atoms with E-state index in [1.807, 2.05) is 0 Å². The Balaban J connectivity index is 1.98. The topological polar surface area (TPSA) is 77.9 Å². The minimum Gasteiger partial charge on any atom is -0.478 e. The number of aromatic carboxylic acids is 1. The van der Waals surface area contributed by atoms with Gasteiger partial charge in [0.2, 0.25) is 10.0 Å². The van der Waals surface area contributed by atoms with Crippen LogP contribution >= 0.6 is 0 Å². The fraction of sp³-hybridized carbons (Fsp3) is 0.533. The molecule has 8 heteroatoms. The zero-order chi connectivity index (χ0) is 16.8. The number of hydrogen-bond donors (Lipinski definition) is 1. The number of piperazine rings is 1. The van der Waals surface area contributed by atoms with Crippen LogP contribution < -0.4 is 0 Å². The van der Waals surface area contributed by atoms with Gasteiger partial charge in [-0.1, -0.05) is 0 Å². The smallest absolute Gasteiger partial charge is 0.335 e. The van der Waals surface area contributed by atoms with Crippen molar-refractivity contribution in [3.63, 3.8) is 0 Å². The molecular formula is C15H19FN2O4S. The number of hydrogen-bond acceptors (Lipinski definition) is 4. The number of carboxylic acid groups (broad SMARTS) is 1. The van der Waals surface area contributed by atoms with E-state index in [1.165, 1.54) is 11.2 Å². The van der Waals surface area contributed by atoms with Crippen LogP contribution in [0.25, 0.3) is 0 Å². The standard InChI is InChI=1S/C15H19FN2O4S/c1-10-7-11(15(19)20)8-13(14(10)16)23(21,22)18-6-5-17-4-2-3-12(17)9-18/h7-8,12H,2-6,9H2,1H3,(H,19,20).